The Labute approximate surface area is 78.7 Å². The zero-order chi connectivity index (χ0) is 7.70. The van der Waals surface area contributed by atoms with Crippen molar-refractivity contribution in [3.8, 4) is 0 Å². The van der Waals surface area contributed by atoms with Gasteiger partial charge in [-0.1, -0.05) is 40.5 Å². The number of hydrogen-bond acceptors (Lipinski definition) is 0. The van der Waals surface area contributed by atoms with Gasteiger partial charge in [0, 0.05) is 19.5 Å². The van der Waals surface area contributed by atoms with Gasteiger partial charge in [-0.2, -0.15) is 6.54 Å². The summed E-state index contributed by atoms with van der Waals surface area (Å²) in [5.41, 5.74) is 0. The Balaban J connectivity index is -0.000000149. The smallest absolute Gasteiger partial charge is 0 e. The van der Waals surface area contributed by atoms with Gasteiger partial charge < -0.3 is 5.32 Å². The summed E-state index contributed by atoms with van der Waals surface area (Å²) in [4.78, 5) is 0. The van der Waals surface area contributed by atoms with Crippen LogP contribution in [0.3, 0.4) is 0 Å². The maximum Gasteiger partial charge on any atom is 0 e. The molecule has 0 bridgehead atoms. The third-order valence-electron chi connectivity index (χ3n) is 0.718. The first-order valence-corrected chi connectivity index (χ1v) is 3.90. The first kappa shape index (κ1) is 16.9. The molecule has 0 aromatic heterocycles. The summed E-state index contributed by atoms with van der Waals surface area (Å²) in [6.45, 7) is 12.4. The minimum atomic E-state index is 0. The van der Waals surface area contributed by atoms with Gasteiger partial charge in [-0.05, 0) is 0 Å². The van der Waals surface area contributed by atoms with Crippen molar-refractivity contribution in [1.29, 1.82) is 0 Å². The van der Waals surface area contributed by atoms with E-state index in [1.807, 2.05) is 13.8 Å². The average molecular weight is 233 g/mol. The molecule has 0 spiro atoms. The van der Waals surface area contributed by atoms with E-state index in [-0.39, 0.29) is 19.5 Å². The summed E-state index contributed by atoms with van der Waals surface area (Å²) in [5, 5.41) is 4.17. The minimum absolute atomic E-state index is 0. The number of rotatable bonds is 3. The topological polar surface area (TPSA) is 14.1 Å². The molecule has 1 radical (unpaired) electrons. The molecule has 0 aliphatic rings. The molecule has 0 unspecified atom stereocenters. The van der Waals surface area contributed by atoms with E-state index in [0.717, 1.165) is 19.0 Å². The Hall–Kier alpha value is 0.583. The van der Waals surface area contributed by atoms with Crippen LogP contribution in [-0.2, 0) is 19.5 Å². The number of nitrogens with zero attached hydrogens (tertiary/aromatic N) is 1. The summed E-state index contributed by atoms with van der Waals surface area (Å²) in [6.07, 6.45) is 0. The fourth-order valence-corrected chi connectivity index (χ4v) is 0.387. The Kier molecular flexibility index (Phi) is 27.5. The van der Waals surface area contributed by atoms with Gasteiger partial charge >= 0.3 is 0 Å². The van der Waals surface area contributed by atoms with Crippen LogP contribution in [-0.4, -0.2) is 13.1 Å². The van der Waals surface area contributed by atoms with Crippen molar-refractivity contribution in [1.82, 2.24) is 0 Å². The molecule has 0 amide bonds. The maximum absolute atomic E-state index is 4.17. The van der Waals surface area contributed by atoms with Crippen molar-refractivity contribution in [2.45, 2.75) is 34.6 Å². The van der Waals surface area contributed by atoms with Crippen molar-refractivity contribution in [2.75, 3.05) is 13.1 Å². The third kappa shape index (κ3) is 23.5. The molecule has 10 heavy (non-hydrogen) atoms. The van der Waals surface area contributed by atoms with Crippen molar-refractivity contribution in [3.05, 3.63) is 5.32 Å². The minimum Gasteiger partial charge on any atom is -0.662 e. The summed E-state index contributed by atoms with van der Waals surface area (Å²) in [7, 11) is 0. The Morgan fingerprint density at radius 2 is 1.60 bits per heavy atom. The van der Waals surface area contributed by atoms with Crippen molar-refractivity contribution >= 4 is 0 Å². The van der Waals surface area contributed by atoms with Crippen LogP contribution in [0.4, 0.5) is 0 Å². The Morgan fingerprint density at radius 1 is 1.20 bits per heavy atom. The maximum atomic E-state index is 4.17. The third-order valence-corrected chi connectivity index (χ3v) is 0.718. The Bertz CT molecular complexity index is 38.2. The predicted molar refractivity (Wildman–Crippen MR) is 45.0 cm³/mol. The van der Waals surface area contributed by atoms with Crippen LogP contribution >= 0.6 is 0 Å². The molecule has 0 aromatic rings. The van der Waals surface area contributed by atoms with Gasteiger partial charge in [-0.3, -0.25) is 0 Å². The van der Waals surface area contributed by atoms with Crippen molar-refractivity contribution in [3.63, 3.8) is 0 Å². The van der Waals surface area contributed by atoms with Gasteiger partial charge in [-0.25, -0.2) is 0 Å². The quantitative estimate of drug-likeness (QED) is 0.665. The van der Waals surface area contributed by atoms with Crippen LogP contribution in [0, 0.1) is 5.92 Å². The second-order valence-corrected chi connectivity index (χ2v) is 2.12. The first-order chi connectivity index (χ1) is 4.27. The Morgan fingerprint density at radius 3 is 1.70 bits per heavy atom. The summed E-state index contributed by atoms with van der Waals surface area (Å²) in [6, 6.07) is 0. The molecule has 0 aromatic carbocycles. The van der Waals surface area contributed by atoms with Gasteiger partial charge in [-0.15, -0.1) is 6.54 Å². The predicted octanol–water partition coefficient (Wildman–Crippen LogP) is 3.06. The van der Waals surface area contributed by atoms with E-state index in [9.17, 15) is 0 Å². The van der Waals surface area contributed by atoms with Crippen molar-refractivity contribution < 1.29 is 19.5 Å². The fraction of sp³-hybridized carbons (Fsp3) is 1.00. The molecule has 0 aliphatic heterocycles. The summed E-state index contributed by atoms with van der Waals surface area (Å²) >= 11 is 0. The molecule has 0 saturated heterocycles. The molecular weight excluding hydrogens is 213 g/mol. The molecule has 0 fully saturated rings. The molecule has 0 atom stereocenters. The molecule has 0 aliphatic carbocycles. The van der Waals surface area contributed by atoms with Crippen LogP contribution in [0.5, 0.6) is 0 Å². The number of hydrogen-bond donors (Lipinski definition) is 0. The van der Waals surface area contributed by atoms with E-state index in [1.165, 1.54) is 0 Å². The monoisotopic (exact) mass is 233 g/mol. The fourth-order valence-electron chi connectivity index (χ4n) is 0.387. The first-order valence-electron chi connectivity index (χ1n) is 3.90. The summed E-state index contributed by atoms with van der Waals surface area (Å²) in [5.74, 6) is 0.736. The van der Waals surface area contributed by atoms with E-state index in [1.54, 1.807) is 0 Å². The van der Waals surface area contributed by atoms with Gasteiger partial charge in [0.05, 0.1) is 0 Å². The largest absolute Gasteiger partial charge is 0.662 e. The molecule has 2 heteroatoms. The van der Waals surface area contributed by atoms with Crippen LogP contribution in [0.25, 0.3) is 5.32 Å². The zero-order valence-corrected chi connectivity index (χ0v) is 9.41. The molecule has 0 heterocycles. The van der Waals surface area contributed by atoms with Crippen LogP contribution in [0.15, 0.2) is 0 Å². The molecule has 0 saturated carbocycles. The molecular formula is C8H20NRh-. The normalized spacial score (nSPS) is 7.80. The second kappa shape index (κ2) is 16.3. The summed E-state index contributed by atoms with van der Waals surface area (Å²) < 4.78 is 0. The van der Waals surface area contributed by atoms with Crippen LogP contribution in [0.2, 0.25) is 0 Å². The molecule has 1 nitrogen and oxygen atoms in total. The van der Waals surface area contributed by atoms with E-state index >= 15 is 0 Å². The SMILES string of the molecule is CC.CC[N-]CC(C)C.[Rh]. The van der Waals surface area contributed by atoms with E-state index in [0.29, 0.717) is 0 Å². The van der Waals surface area contributed by atoms with Crippen LogP contribution < -0.4 is 0 Å². The molecule has 0 N–H and O–H groups in total. The average Bonchev–Trinajstić information content (AvgIpc) is 1.88. The standard InChI is InChI=1S/C6H14N.C2H6.Rh/c1-4-7-5-6(2)3;1-2;/h6H,4-5H2,1-3H3;1-2H3;/q-1;;. The zero-order valence-electron chi connectivity index (χ0n) is 7.77. The van der Waals surface area contributed by atoms with E-state index < -0.39 is 0 Å². The van der Waals surface area contributed by atoms with Gasteiger partial charge in [0.1, 0.15) is 0 Å². The van der Waals surface area contributed by atoms with Crippen molar-refractivity contribution in [2.24, 2.45) is 5.92 Å². The molecule has 0 rings (SSSR count). The van der Waals surface area contributed by atoms with Gasteiger partial charge in [0.2, 0.25) is 0 Å². The van der Waals surface area contributed by atoms with E-state index in [2.05, 4.69) is 26.1 Å². The van der Waals surface area contributed by atoms with E-state index in [4.69, 9.17) is 0 Å². The van der Waals surface area contributed by atoms with Gasteiger partial charge in [0.15, 0.2) is 0 Å². The van der Waals surface area contributed by atoms with Crippen LogP contribution in [0.1, 0.15) is 34.6 Å². The van der Waals surface area contributed by atoms with Gasteiger partial charge in [0.25, 0.3) is 0 Å². The second-order valence-electron chi connectivity index (χ2n) is 2.12. The molecule has 67 valence electrons.